The Morgan fingerprint density at radius 3 is 2.75 bits per heavy atom. The van der Waals surface area contributed by atoms with E-state index in [0.29, 0.717) is 36.4 Å². The average molecular weight is 275 g/mol. The van der Waals surface area contributed by atoms with Crippen molar-refractivity contribution in [2.45, 2.75) is 32.1 Å². The lowest BCUT2D eigenvalue weighted by Gasteiger charge is -2.08. The highest BCUT2D eigenvalue weighted by Gasteiger charge is 2.27. The van der Waals surface area contributed by atoms with Gasteiger partial charge in [-0.3, -0.25) is 0 Å². The molecule has 106 valence electrons. The largest absolute Gasteiger partial charge is 0.369 e. The van der Waals surface area contributed by atoms with E-state index in [1.165, 1.54) is 0 Å². The van der Waals surface area contributed by atoms with Crippen molar-refractivity contribution in [1.82, 2.24) is 20.1 Å². The Morgan fingerprint density at radius 2 is 2.10 bits per heavy atom. The second-order valence-electron chi connectivity index (χ2n) is 4.83. The van der Waals surface area contributed by atoms with Crippen molar-refractivity contribution in [3.05, 3.63) is 23.6 Å². The van der Waals surface area contributed by atoms with Crippen LogP contribution < -0.4 is 16.6 Å². The summed E-state index contributed by atoms with van der Waals surface area (Å²) in [5.74, 6) is 9.39. The summed E-state index contributed by atoms with van der Waals surface area (Å²) in [6, 6.07) is 1.78. The molecule has 4 N–H and O–H groups in total. The molecule has 0 unspecified atom stereocenters. The van der Waals surface area contributed by atoms with Crippen LogP contribution in [0.5, 0.6) is 0 Å². The van der Waals surface area contributed by atoms with Gasteiger partial charge in [-0.15, -0.1) is 0 Å². The number of nitrogen functional groups attached to an aromatic ring is 1. The van der Waals surface area contributed by atoms with Crippen molar-refractivity contribution in [2.75, 3.05) is 17.3 Å². The monoisotopic (exact) mass is 275 g/mol. The van der Waals surface area contributed by atoms with Crippen LogP contribution in [0.3, 0.4) is 0 Å². The number of nitrogens with one attached hydrogen (secondary N) is 2. The summed E-state index contributed by atoms with van der Waals surface area (Å²) in [5.41, 5.74) is 2.57. The van der Waals surface area contributed by atoms with Crippen molar-refractivity contribution in [2.24, 2.45) is 5.84 Å². The highest BCUT2D eigenvalue weighted by Crippen LogP contribution is 2.38. The zero-order chi connectivity index (χ0) is 13.9. The van der Waals surface area contributed by atoms with E-state index in [-0.39, 0.29) is 0 Å². The Bertz CT molecular complexity index is 593. The Labute approximate surface area is 116 Å². The SMILES string of the molecule is Cc1noc(CCNc2cc(NN)nc(C3CC3)n2)n1. The number of anilines is 2. The molecule has 20 heavy (non-hydrogen) atoms. The van der Waals surface area contributed by atoms with Crippen molar-refractivity contribution >= 4 is 11.6 Å². The normalized spacial score (nSPS) is 14.3. The van der Waals surface area contributed by atoms with Gasteiger partial charge in [-0.05, 0) is 19.8 Å². The molecule has 0 atom stereocenters. The van der Waals surface area contributed by atoms with Gasteiger partial charge in [0.05, 0.1) is 0 Å². The Kier molecular flexibility index (Phi) is 3.46. The molecule has 8 heteroatoms. The zero-order valence-electron chi connectivity index (χ0n) is 11.3. The zero-order valence-corrected chi connectivity index (χ0v) is 11.3. The lowest BCUT2D eigenvalue weighted by molar-refractivity contribution is 0.377. The average Bonchev–Trinajstić information content (AvgIpc) is 3.22. The van der Waals surface area contributed by atoms with Crippen LogP contribution in [0.25, 0.3) is 0 Å². The summed E-state index contributed by atoms with van der Waals surface area (Å²) < 4.78 is 5.05. The minimum Gasteiger partial charge on any atom is -0.369 e. The molecule has 2 heterocycles. The fourth-order valence-corrected chi connectivity index (χ4v) is 1.89. The highest BCUT2D eigenvalue weighted by atomic mass is 16.5. The number of nitrogens with two attached hydrogens (primary N) is 1. The number of hydrogen-bond donors (Lipinski definition) is 3. The highest BCUT2D eigenvalue weighted by molar-refractivity contribution is 5.47. The first kappa shape index (κ1) is 12.8. The number of hydrazine groups is 1. The molecule has 2 aromatic heterocycles. The van der Waals surface area contributed by atoms with Crippen LogP contribution in [0.2, 0.25) is 0 Å². The maximum Gasteiger partial charge on any atom is 0.228 e. The summed E-state index contributed by atoms with van der Waals surface area (Å²) >= 11 is 0. The molecule has 1 aliphatic carbocycles. The van der Waals surface area contributed by atoms with Crippen LogP contribution in [-0.4, -0.2) is 26.7 Å². The topological polar surface area (TPSA) is 115 Å². The minimum atomic E-state index is 0.474. The number of aryl methyl sites for hydroxylation is 1. The smallest absolute Gasteiger partial charge is 0.228 e. The predicted octanol–water partition coefficient (Wildman–Crippen LogP) is 0.986. The number of aromatic nitrogens is 4. The van der Waals surface area contributed by atoms with Gasteiger partial charge in [-0.1, -0.05) is 5.16 Å². The van der Waals surface area contributed by atoms with E-state index < -0.39 is 0 Å². The van der Waals surface area contributed by atoms with Crippen LogP contribution in [0.15, 0.2) is 10.6 Å². The van der Waals surface area contributed by atoms with Gasteiger partial charge in [-0.2, -0.15) is 4.98 Å². The van der Waals surface area contributed by atoms with Crippen LogP contribution >= 0.6 is 0 Å². The molecule has 3 rings (SSSR count). The van der Waals surface area contributed by atoms with Gasteiger partial charge in [0.15, 0.2) is 5.82 Å². The first-order valence-electron chi connectivity index (χ1n) is 6.63. The fourth-order valence-electron chi connectivity index (χ4n) is 1.89. The van der Waals surface area contributed by atoms with Crippen LogP contribution in [0.1, 0.15) is 36.3 Å². The molecule has 0 spiro atoms. The molecule has 2 aromatic rings. The maximum absolute atomic E-state index is 5.43. The second kappa shape index (κ2) is 5.41. The summed E-state index contributed by atoms with van der Waals surface area (Å²) in [4.78, 5) is 13.0. The molecule has 0 aliphatic heterocycles. The quantitative estimate of drug-likeness (QED) is 0.528. The third-order valence-electron chi connectivity index (χ3n) is 3.05. The van der Waals surface area contributed by atoms with E-state index >= 15 is 0 Å². The van der Waals surface area contributed by atoms with Gasteiger partial charge < -0.3 is 15.3 Å². The first-order chi connectivity index (χ1) is 9.74. The van der Waals surface area contributed by atoms with Crippen molar-refractivity contribution < 1.29 is 4.52 Å². The standard InChI is InChI=1S/C12H17N7O/c1-7-15-11(20-19-7)4-5-14-9-6-10(18-13)17-12(16-9)8-2-3-8/h6,8H,2-5,13H2,1H3,(H2,14,16,17,18). The maximum atomic E-state index is 5.43. The third-order valence-corrected chi connectivity index (χ3v) is 3.05. The molecule has 0 radical (unpaired) electrons. The van der Waals surface area contributed by atoms with Crippen molar-refractivity contribution in [1.29, 1.82) is 0 Å². The van der Waals surface area contributed by atoms with E-state index in [1.54, 1.807) is 13.0 Å². The van der Waals surface area contributed by atoms with Gasteiger partial charge in [0.1, 0.15) is 17.5 Å². The first-order valence-corrected chi connectivity index (χ1v) is 6.63. The van der Waals surface area contributed by atoms with Crippen LogP contribution in [0, 0.1) is 6.92 Å². The molecule has 0 aromatic carbocycles. The van der Waals surface area contributed by atoms with Gasteiger partial charge in [0.25, 0.3) is 0 Å². The third kappa shape index (κ3) is 3.02. The second-order valence-corrected chi connectivity index (χ2v) is 4.83. The molecule has 1 saturated carbocycles. The van der Waals surface area contributed by atoms with Gasteiger partial charge >= 0.3 is 0 Å². The molecule has 8 nitrogen and oxygen atoms in total. The minimum absolute atomic E-state index is 0.474. The molecule has 1 aliphatic rings. The molecule has 0 amide bonds. The Hall–Kier alpha value is -2.22. The van der Waals surface area contributed by atoms with E-state index in [0.717, 1.165) is 24.5 Å². The fraction of sp³-hybridized carbons (Fsp3) is 0.500. The summed E-state index contributed by atoms with van der Waals surface area (Å²) in [7, 11) is 0. The lowest BCUT2D eigenvalue weighted by Crippen LogP contribution is -2.13. The van der Waals surface area contributed by atoms with E-state index in [2.05, 4.69) is 30.9 Å². The Balaban J connectivity index is 1.62. The van der Waals surface area contributed by atoms with Gasteiger partial charge in [0.2, 0.25) is 5.89 Å². The molecular formula is C12H17N7O. The van der Waals surface area contributed by atoms with Crippen LogP contribution in [0.4, 0.5) is 11.6 Å². The number of rotatable bonds is 6. The van der Waals surface area contributed by atoms with Crippen LogP contribution in [-0.2, 0) is 6.42 Å². The predicted molar refractivity (Wildman–Crippen MR) is 73.0 cm³/mol. The van der Waals surface area contributed by atoms with Gasteiger partial charge in [-0.25, -0.2) is 15.8 Å². The number of nitrogens with zero attached hydrogens (tertiary/aromatic N) is 4. The summed E-state index contributed by atoms with van der Waals surface area (Å²) in [6.45, 7) is 2.46. The summed E-state index contributed by atoms with van der Waals surface area (Å²) in [6.07, 6.45) is 2.94. The molecule has 0 saturated heterocycles. The van der Waals surface area contributed by atoms with Gasteiger partial charge in [0, 0.05) is 24.9 Å². The van der Waals surface area contributed by atoms with Crippen molar-refractivity contribution in [3.8, 4) is 0 Å². The van der Waals surface area contributed by atoms with Crippen molar-refractivity contribution in [3.63, 3.8) is 0 Å². The Morgan fingerprint density at radius 1 is 1.30 bits per heavy atom. The van der Waals surface area contributed by atoms with E-state index in [1.807, 2.05) is 0 Å². The molecular weight excluding hydrogens is 258 g/mol. The molecule has 1 fully saturated rings. The molecule has 0 bridgehead atoms. The van der Waals surface area contributed by atoms with E-state index in [4.69, 9.17) is 10.4 Å². The summed E-state index contributed by atoms with van der Waals surface area (Å²) in [5, 5.41) is 6.97. The van der Waals surface area contributed by atoms with E-state index in [9.17, 15) is 0 Å². The lowest BCUT2D eigenvalue weighted by atomic mass is 10.3. The number of hydrogen-bond acceptors (Lipinski definition) is 8.